The quantitative estimate of drug-likeness (QED) is 0.285. The van der Waals surface area contributed by atoms with Crippen molar-refractivity contribution in [1.82, 2.24) is 9.88 Å². The summed E-state index contributed by atoms with van der Waals surface area (Å²) in [4.78, 5) is 35.6. The third kappa shape index (κ3) is 6.01. The van der Waals surface area contributed by atoms with Gasteiger partial charge in [-0.05, 0) is 61.7 Å². The van der Waals surface area contributed by atoms with E-state index in [-0.39, 0.29) is 24.5 Å². The summed E-state index contributed by atoms with van der Waals surface area (Å²) in [5.74, 6) is 0.760. The molecule has 2 aliphatic heterocycles. The van der Waals surface area contributed by atoms with E-state index in [1.807, 2.05) is 12.1 Å². The van der Waals surface area contributed by atoms with E-state index < -0.39 is 0 Å². The number of anilines is 2. The van der Waals surface area contributed by atoms with Crippen molar-refractivity contribution in [3.05, 3.63) is 60.2 Å². The van der Waals surface area contributed by atoms with Gasteiger partial charge in [0.05, 0.1) is 12.5 Å². The Kier molecular flexibility index (Phi) is 7.63. The van der Waals surface area contributed by atoms with Crippen LogP contribution >= 0.6 is 0 Å². The zero-order chi connectivity index (χ0) is 26.6. The second-order valence-electron chi connectivity index (χ2n) is 10.7. The number of benzene rings is 2. The molecule has 8 nitrogen and oxygen atoms in total. The van der Waals surface area contributed by atoms with Crippen LogP contribution in [0.15, 0.2) is 54.6 Å². The van der Waals surface area contributed by atoms with Gasteiger partial charge in [0.15, 0.2) is 6.73 Å². The molecule has 204 valence electrons. The Balaban J connectivity index is 0.947. The lowest BCUT2D eigenvalue weighted by molar-refractivity contribution is -0.145. The van der Waals surface area contributed by atoms with Gasteiger partial charge in [-0.3, -0.25) is 19.4 Å². The fourth-order valence-electron chi connectivity index (χ4n) is 5.47. The van der Waals surface area contributed by atoms with Gasteiger partial charge in [0.25, 0.3) is 0 Å². The lowest BCUT2D eigenvalue weighted by atomic mass is 10.1. The maximum Gasteiger partial charge on any atom is 0.310 e. The number of carbonyl (C=O) groups excluding carboxylic acids is 2. The van der Waals surface area contributed by atoms with Gasteiger partial charge in [-0.1, -0.05) is 36.4 Å². The summed E-state index contributed by atoms with van der Waals surface area (Å²) in [5.41, 5.74) is 2.31. The Morgan fingerprint density at radius 2 is 1.74 bits per heavy atom. The minimum atomic E-state index is -0.225. The maximum absolute atomic E-state index is 12.5. The highest BCUT2D eigenvalue weighted by Crippen LogP contribution is 2.32. The molecule has 1 saturated heterocycles. The summed E-state index contributed by atoms with van der Waals surface area (Å²) in [5, 5.41) is 2.62. The highest BCUT2D eigenvalue weighted by Gasteiger charge is 2.33. The molecule has 1 amide bonds. The van der Waals surface area contributed by atoms with Crippen molar-refractivity contribution in [3.8, 4) is 5.88 Å². The second-order valence-corrected chi connectivity index (χ2v) is 10.7. The predicted molar refractivity (Wildman–Crippen MR) is 151 cm³/mol. The first-order chi connectivity index (χ1) is 19.2. The number of amides is 1. The van der Waals surface area contributed by atoms with Crippen molar-refractivity contribution >= 4 is 34.2 Å². The number of hydrogen-bond acceptors (Lipinski definition) is 7. The molecule has 0 atom stereocenters. The number of aryl methyl sites for hydroxylation is 1. The Morgan fingerprint density at radius 3 is 2.59 bits per heavy atom. The van der Waals surface area contributed by atoms with Gasteiger partial charge in [-0.25, -0.2) is 0 Å². The van der Waals surface area contributed by atoms with Crippen molar-refractivity contribution < 1.29 is 19.1 Å². The van der Waals surface area contributed by atoms with E-state index >= 15 is 0 Å². The molecule has 0 N–H and O–H groups in total. The van der Waals surface area contributed by atoms with E-state index in [2.05, 4.69) is 57.2 Å². The number of fused-ring (bicyclic) bond motifs is 2. The summed E-state index contributed by atoms with van der Waals surface area (Å²) in [7, 11) is 0. The number of pyridine rings is 1. The first-order valence-corrected chi connectivity index (χ1v) is 14.2. The second kappa shape index (κ2) is 11.6. The van der Waals surface area contributed by atoms with Crippen LogP contribution in [0.4, 0.5) is 11.5 Å². The van der Waals surface area contributed by atoms with Crippen molar-refractivity contribution in [2.45, 2.75) is 38.5 Å². The predicted octanol–water partition coefficient (Wildman–Crippen LogP) is 4.41. The molecule has 0 bridgehead atoms. The number of nitrogens with zero attached hydrogens (tertiary/aromatic N) is 4. The van der Waals surface area contributed by atoms with Gasteiger partial charge >= 0.3 is 5.97 Å². The standard InChI is InChI=1S/C31H36N4O4/c36-29-15-13-24-12-14-28(32-30(24)35(29)22-39-31(37)25-10-11-25)38-21-4-3-16-33-17-19-34(20-18-33)27-9-5-7-23-6-1-2-8-26(23)27/h1-2,5-9,12,14,25H,3-4,10-11,13,15-22H2. The van der Waals surface area contributed by atoms with Crippen LogP contribution in [-0.4, -0.2) is 67.8 Å². The molecule has 3 aromatic rings. The van der Waals surface area contributed by atoms with Gasteiger partial charge in [-0.2, -0.15) is 4.98 Å². The molecular weight excluding hydrogens is 492 g/mol. The molecular formula is C31H36N4O4. The molecule has 8 heteroatoms. The maximum atomic E-state index is 12.5. The molecule has 3 aliphatic rings. The van der Waals surface area contributed by atoms with E-state index in [0.29, 0.717) is 31.1 Å². The molecule has 0 spiro atoms. The number of ether oxygens (including phenoxy) is 2. The SMILES string of the molecule is O=C(OCN1C(=O)CCc2ccc(OCCCCN3CCN(c4cccc5ccccc45)CC3)nc21)C1CC1. The van der Waals surface area contributed by atoms with Crippen LogP contribution in [0.3, 0.4) is 0 Å². The molecule has 2 fully saturated rings. The lowest BCUT2D eigenvalue weighted by Gasteiger charge is -2.36. The molecule has 6 rings (SSSR count). The third-order valence-corrected chi connectivity index (χ3v) is 7.94. The van der Waals surface area contributed by atoms with Crippen LogP contribution in [0.25, 0.3) is 10.8 Å². The minimum absolute atomic E-state index is 0.0000644. The van der Waals surface area contributed by atoms with Crippen molar-refractivity contribution in [3.63, 3.8) is 0 Å². The molecule has 1 saturated carbocycles. The molecule has 1 aliphatic carbocycles. The van der Waals surface area contributed by atoms with Crippen LogP contribution in [0.1, 0.15) is 37.7 Å². The number of piperazine rings is 1. The van der Waals surface area contributed by atoms with E-state index in [0.717, 1.165) is 64.0 Å². The highest BCUT2D eigenvalue weighted by atomic mass is 16.5. The van der Waals surface area contributed by atoms with Crippen LogP contribution < -0.4 is 14.5 Å². The van der Waals surface area contributed by atoms with Crippen molar-refractivity contribution in [2.75, 3.05) is 55.9 Å². The minimum Gasteiger partial charge on any atom is -0.478 e. The first kappa shape index (κ1) is 25.6. The number of unbranched alkanes of at least 4 members (excludes halogenated alkanes) is 1. The van der Waals surface area contributed by atoms with Gasteiger partial charge in [-0.15, -0.1) is 0 Å². The average molecular weight is 529 g/mol. The summed E-state index contributed by atoms with van der Waals surface area (Å²) >= 11 is 0. The molecule has 0 unspecified atom stereocenters. The van der Waals surface area contributed by atoms with Gasteiger partial charge in [0.2, 0.25) is 11.8 Å². The Bertz CT molecular complexity index is 1330. The third-order valence-electron chi connectivity index (χ3n) is 7.94. The number of rotatable bonds is 10. The topological polar surface area (TPSA) is 75.2 Å². The van der Waals surface area contributed by atoms with Gasteiger partial charge in [0.1, 0.15) is 5.82 Å². The van der Waals surface area contributed by atoms with E-state index in [4.69, 9.17) is 9.47 Å². The van der Waals surface area contributed by atoms with Crippen LogP contribution in [-0.2, 0) is 20.7 Å². The van der Waals surface area contributed by atoms with Crippen LogP contribution in [0.2, 0.25) is 0 Å². The van der Waals surface area contributed by atoms with E-state index in [1.54, 1.807) is 0 Å². The zero-order valence-corrected chi connectivity index (χ0v) is 22.4. The average Bonchev–Trinajstić information content (AvgIpc) is 3.82. The van der Waals surface area contributed by atoms with Crippen LogP contribution in [0, 0.1) is 5.92 Å². The molecule has 1 aromatic heterocycles. The van der Waals surface area contributed by atoms with Crippen LogP contribution in [0.5, 0.6) is 5.88 Å². The highest BCUT2D eigenvalue weighted by molar-refractivity contribution is 5.95. The summed E-state index contributed by atoms with van der Waals surface area (Å²) in [6.45, 7) is 5.75. The fourth-order valence-corrected chi connectivity index (χ4v) is 5.47. The number of carbonyl (C=O) groups is 2. The van der Waals surface area contributed by atoms with E-state index in [1.165, 1.54) is 21.4 Å². The Hall–Kier alpha value is -3.65. The molecule has 2 aromatic carbocycles. The summed E-state index contributed by atoms with van der Waals surface area (Å²) in [6.07, 6.45) is 4.78. The number of aromatic nitrogens is 1. The molecule has 39 heavy (non-hydrogen) atoms. The lowest BCUT2D eigenvalue weighted by Crippen LogP contribution is -2.46. The number of esters is 1. The smallest absolute Gasteiger partial charge is 0.310 e. The fraction of sp³-hybridized carbons (Fsp3) is 0.452. The monoisotopic (exact) mass is 528 g/mol. The van der Waals surface area contributed by atoms with Crippen molar-refractivity contribution in [2.24, 2.45) is 5.92 Å². The summed E-state index contributed by atoms with van der Waals surface area (Å²) < 4.78 is 11.3. The van der Waals surface area contributed by atoms with Crippen molar-refractivity contribution in [1.29, 1.82) is 0 Å². The Labute approximate surface area is 229 Å². The zero-order valence-electron chi connectivity index (χ0n) is 22.4. The molecule has 3 heterocycles. The van der Waals surface area contributed by atoms with Gasteiger partial charge < -0.3 is 14.4 Å². The van der Waals surface area contributed by atoms with Gasteiger partial charge in [0, 0.05) is 49.7 Å². The number of hydrogen-bond donors (Lipinski definition) is 0. The Morgan fingerprint density at radius 1 is 0.923 bits per heavy atom. The van der Waals surface area contributed by atoms with E-state index in [9.17, 15) is 9.59 Å². The molecule has 0 radical (unpaired) electrons. The summed E-state index contributed by atoms with van der Waals surface area (Å²) in [6, 6.07) is 19.0. The normalized spacial score (nSPS) is 17.8. The first-order valence-electron chi connectivity index (χ1n) is 14.2. The largest absolute Gasteiger partial charge is 0.478 e.